The van der Waals surface area contributed by atoms with Crippen LogP contribution in [0.25, 0.3) is 0 Å². The van der Waals surface area contributed by atoms with Gasteiger partial charge in [0.05, 0.1) is 11.8 Å². The number of carbonyl (C=O) groups excluding carboxylic acids is 1. The summed E-state index contributed by atoms with van der Waals surface area (Å²) in [7, 11) is 0. The van der Waals surface area contributed by atoms with Crippen LogP contribution in [0.3, 0.4) is 0 Å². The van der Waals surface area contributed by atoms with E-state index in [-0.39, 0.29) is 36.3 Å². The van der Waals surface area contributed by atoms with E-state index in [0.717, 1.165) is 12.7 Å². The monoisotopic (exact) mass is 351 g/mol. The Morgan fingerprint density at radius 2 is 1.82 bits per heavy atom. The lowest BCUT2D eigenvalue weighted by Gasteiger charge is -2.16. The predicted molar refractivity (Wildman–Crippen MR) is 90.5 cm³/mol. The maximum Gasteiger partial charge on any atom is 0.252 e. The van der Waals surface area contributed by atoms with Crippen molar-refractivity contribution in [2.75, 3.05) is 13.1 Å². The lowest BCUT2D eigenvalue weighted by Crippen LogP contribution is -2.36. The third-order valence-corrected chi connectivity index (χ3v) is 3.67. The van der Waals surface area contributed by atoms with Crippen LogP contribution in [-0.2, 0) is 0 Å². The van der Waals surface area contributed by atoms with E-state index in [1.807, 2.05) is 0 Å². The molecule has 126 valence electrons. The molecule has 7 heteroatoms. The van der Waals surface area contributed by atoms with Gasteiger partial charge in [-0.1, -0.05) is 25.7 Å². The van der Waals surface area contributed by atoms with E-state index in [2.05, 4.69) is 15.6 Å². The summed E-state index contributed by atoms with van der Waals surface area (Å²) in [6, 6.07) is 1.77. The summed E-state index contributed by atoms with van der Waals surface area (Å²) in [4.78, 5) is 15.4. The minimum absolute atomic E-state index is 0. The molecule has 0 atom stereocenters. The summed E-state index contributed by atoms with van der Waals surface area (Å²) in [5.74, 6) is -0.770. The highest BCUT2D eigenvalue weighted by molar-refractivity contribution is 5.93. The van der Waals surface area contributed by atoms with Gasteiger partial charge in [-0.2, -0.15) is 0 Å². The number of hydrogen-bond acceptors (Lipinski definition) is 3. The quantitative estimate of drug-likeness (QED) is 0.632. The van der Waals surface area contributed by atoms with Gasteiger partial charge in [0, 0.05) is 25.3 Å². The fraction of sp³-hybridized carbons (Fsp3) is 0.600. The first-order chi connectivity index (χ1) is 9.75. The second-order valence-electron chi connectivity index (χ2n) is 5.29. The number of aromatic nitrogens is 1. The Hall–Kier alpha value is -0.910. The summed E-state index contributed by atoms with van der Waals surface area (Å²) >= 11 is 0. The number of nitrogens with one attached hydrogen (secondary N) is 2. The smallest absolute Gasteiger partial charge is 0.252 e. The number of pyridine rings is 1. The molecule has 1 aromatic heterocycles. The number of carbonyl (C=O) groups is 1. The van der Waals surface area contributed by atoms with E-state index in [4.69, 9.17) is 0 Å². The van der Waals surface area contributed by atoms with Gasteiger partial charge in [-0.3, -0.25) is 9.78 Å². The zero-order valence-corrected chi connectivity index (χ0v) is 14.1. The van der Waals surface area contributed by atoms with Crippen molar-refractivity contribution in [3.8, 4) is 0 Å². The average Bonchev–Trinajstić information content (AvgIpc) is 2.72. The van der Waals surface area contributed by atoms with Gasteiger partial charge in [0.25, 0.3) is 5.91 Å². The predicted octanol–water partition coefficient (Wildman–Crippen LogP) is 3.11. The maximum atomic E-state index is 12.9. The summed E-state index contributed by atoms with van der Waals surface area (Å²) in [5, 5.41) is 6.25. The van der Waals surface area contributed by atoms with E-state index in [1.165, 1.54) is 50.8 Å². The van der Waals surface area contributed by atoms with Crippen molar-refractivity contribution in [3.63, 3.8) is 0 Å². The molecule has 4 nitrogen and oxygen atoms in total. The van der Waals surface area contributed by atoms with Crippen molar-refractivity contribution in [2.45, 2.75) is 44.6 Å². The van der Waals surface area contributed by atoms with E-state index >= 15 is 0 Å². The molecule has 0 aliphatic heterocycles. The Balaban J connectivity index is 0.00000220. The van der Waals surface area contributed by atoms with Crippen LogP contribution in [0.2, 0.25) is 0 Å². The van der Waals surface area contributed by atoms with Gasteiger partial charge in [-0.05, 0) is 18.9 Å². The third kappa shape index (κ3) is 7.38. The zero-order chi connectivity index (χ0) is 14.2. The molecule has 0 aromatic carbocycles. The van der Waals surface area contributed by atoms with Gasteiger partial charge in [0.15, 0.2) is 0 Å². The molecule has 1 heterocycles. The lowest BCUT2D eigenvalue weighted by atomic mass is 10.1. The van der Waals surface area contributed by atoms with Crippen molar-refractivity contribution in [1.82, 2.24) is 15.6 Å². The zero-order valence-electron chi connectivity index (χ0n) is 12.5. The third-order valence-electron chi connectivity index (χ3n) is 3.67. The van der Waals surface area contributed by atoms with Gasteiger partial charge < -0.3 is 10.6 Å². The number of hydrogen-bond donors (Lipinski definition) is 2. The maximum absolute atomic E-state index is 12.9. The minimum atomic E-state index is -0.491. The highest BCUT2D eigenvalue weighted by atomic mass is 35.5. The van der Waals surface area contributed by atoms with E-state index < -0.39 is 5.82 Å². The molecule has 2 rings (SSSR count). The molecule has 1 amide bonds. The molecular formula is C15H24Cl2FN3O. The van der Waals surface area contributed by atoms with Crippen molar-refractivity contribution in [1.29, 1.82) is 0 Å². The molecule has 0 saturated heterocycles. The summed E-state index contributed by atoms with van der Waals surface area (Å²) in [6.45, 7) is 1.30. The normalized spacial score (nSPS) is 15.1. The molecule has 0 spiro atoms. The van der Waals surface area contributed by atoms with Crippen molar-refractivity contribution >= 4 is 30.7 Å². The van der Waals surface area contributed by atoms with Crippen LogP contribution < -0.4 is 10.6 Å². The van der Waals surface area contributed by atoms with Crippen LogP contribution in [-0.4, -0.2) is 30.0 Å². The lowest BCUT2D eigenvalue weighted by molar-refractivity contribution is 0.0952. The second kappa shape index (κ2) is 11.6. The molecule has 0 bridgehead atoms. The number of rotatable bonds is 5. The van der Waals surface area contributed by atoms with Gasteiger partial charge in [-0.25, -0.2) is 4.39 Å². The van der Waals surface area contributed by atoms with Crippen molar-refractivity contribution in [2.24, 2.45) is 0 Å². The fourth-order valence-corrected chi connectivity index (χ4v) is 2.57. The molecule has 1 aliphatic rings. The van der Waals surface area contributed by atoms with Crippen LogP contribution in [0.15, 0.2) is 18.5 Å². The molecule has 1 aromatic rings. The van der Waals surface area contributed by atoms with Crippen molar-refractivity contribution in [3.05, 3.63) is 29.8 Å². The van der Waals surface area contributed by atoms with Crippen LogP contribution >= 0.6 is 24.8 Å². The topological polar surface area (TPSA) is 54.0 Å². The SMILES string of the molecule is Cl.Cl.O=C(NCCNC1CCCCCC1)c1cncc(F)c1. The Morgan fingerprint density at radius 1 is 1.14 bits per heavy atom. The van der Waals surface area contributed by atoms with Gasteiger partial charge in [0.2, 0.25) is 0 Å². The van der Waals surface area contributed by atoms with Gasteiger partial charge >= 0.3 is 0 Å². The summed E-state index contributed by atoms with van der Waals surface area (Å²) in [6.07, 6.45) is 10.2. The Kier molecular flexibility index (Phi) is 11.1. The highest BCUT2D eigenvalue weighted by Crippen LogP contribution is 2.16. The summed E-state index contributed by atoms with van der Waals surface area (Å²) in [5.41, 5.74) is 0.263. The number of nitrogens with zero attached hydrogens (tertiary/aromatic N) is 1. The molecule has 2 N–H and O–H groups in total. The first kappa shape index (κ1) is 21.1. The van der Waals surface area contributed by atoms with Crippen LogP contribution in [0.5, 0.6) is 0 Å². The fourth-order valence-electron chi connectivity index (χ4n) is 2.57. The molecule has 1 aliphatic carbocycles. The molecule has 22 heavy (non-hydrogen) atoms. The number of amides is 1. The number of halogens is 3. The molecule has 1 fully saturated rings. The Labute approximate surface area is 143 Å². The van der Waals surface area contributed by atoms with E-state index in [9.17, 15) is 9.18 Å². The van der Waals surface area contributed by atoms with Crippen LogP contribution in [0, 0.1) is 5.82 Å². The van der Waals surface area contributed by atoms with E-state index in [1.54, 1.807) is 0 Å². The standard InChI is InChI=1S/C15H22FN3O.2ClH/c16-13-9-12(10-17-11-13)15(20)19-8-7-18-14-5-3-1-2-4-6-14;;/h9-11,14,18H,1-8H2,(H,19,20);2*1H. The summed E-state index contributed by atoms with van der Waals surface area (Å²) < 4.78 is 12.9. The van der Waals surface area contributed by atoms with Gasteiger partial charge in [0.1, 0.15) is 5.82 Å². The Bertz CT molecular complexity index is 441. The average molecular weight is 352 g/mol. The van der Waals surface area contributed by atoms with Crippen LogP contribution in [0.1, 0.15) is 48.9 Å². The first-order valence-corrected chi connectivity index (χ1v) is 7.38. The largest absolute Gasteiger partial charge is 0.351 e. The van der Waals surface area contributed by atoms with Crippen molar-refractivity contribution < 1.29 is 9.18 Å². The molecule has 0 unspecified atom stereocenters. The highest BCUT2D eigenvalue weighted by Gasteiger charge is 2.11. The molecule has 0 radical (unpaired) electrons. The minimum Gasteiger partial charge on any atom is -0.351 e. The van der Waals surface area contributed by atoms with Crippen LogP contribution in [0.4, 0.5) is 4.39 Å². The second-order valence-corrected chi connectivity index (χ2v) is 5.29. The molecular weight excluding hydrogens is 328 g/mol. The van der Waals surface area contributed by atoms with Gasteiger partial charge in [-0.15, -0.1) is 24.8 Å². The van der Waals surface area contributed by atoms with E-state index in [0.29, 0.717) is 12.6 Å². The Morgan fingerprint density at radius 3 is 2.45 bits per heavy atom. The first-order valence-electron chi connectivity index (χ1n) is 7.38. The molecule has 1 saturated carbocycles.